The zero-order valence-corrected chi connectivity index (χ0v) is 11.3. The summed E-state index contributed by atoms with van der Waals surface area (Å²) in [4.78, 5) is 11.6. The lowest BCUT2D eigenvalue weighted by Crippen LogP contribution is -2.44. The first-order chi connectivity index (χ1) is 8.72. The van der Waals surface area contributed by atoms with Crippen LogP contribution in [0.1, 0.15) is 39.0 Å². The molecule has 0 radical (unpaired) electrons. The van der Waals surface area contributed by atoms with Crippen molar-refractivity contribution in [1.29, 1.82) is 0 Å². The summed E-state index contributed by atoms with van der Waals surface area (Å²) in [5, 5.41) is 14.4. The van der Waals surface area contributed by atoms with Crippen molar-refractivity contribution < 1.29 is 14.6 Å². The molecule has 18 heavy (non-hydrogen) atoms. The topological polar surface area (TPSA) is 70.6 Å². The molecule has 0 aromatic rings. The molecule has 2 unspecified atom stereocenters. The molecule has 1 fully saturated rings. The van der Waals surface area contributed by atoms with E-state index in [1.54, 1.807) is 0 Å². The van der Waals surface area contributed by atoms with Crippen molar-refractivity contribution in [3.8, 4) is 0 Å². The summed E-state index contributed by atoms with van der Waals surface area (Å²) in [7, 11) is 0. The maximum Gasteiger partial charge on any atom is 0.315 e. The van der Waals surface area contributed by atoms with E-state index in [9.17, 15) is 4.79 Å². The van der Waals surface area contributed by atoms with E-state index in [4.69, 9.17) is 9.84 Å². The summed E-state index contributed by atoms with van der Waals surface area (Å²) < 4.78 is 5.11. The number of ether oxygens (including phenoxy) is 1. The Morgan fingerprint density at radius 3 is 2.94 bits per heavy atom. The standard InChI is InChI=1S/C13H26N2O3/c1-11-4-2-5-12(10-11)15-13(17)14-6-3-8-18-9-7-16/h11-12,16H,2-10H2,1H3,(H2,14,15,17). The highest BCUT2D eigenvalue weighted by atomic mass is 16.5. The fraction of sp³-hybridized carbons (Fsp3) is 0.923. The molecule has 1 saturated carbocycles. The number of urea groups is 1. The average Bonchev–Trinajstić information content (AvgIpc) is 2.33. The second kappa shape index (κ2) is 9.16. The van der Waals surface area contributed by atoms with Crippen molar-refractivity contribution in [2.24, 2.45) is 5.92 Å². The van der Waals surface area contributed by atoms with Crippen LogP contribution in [-0.4, -0.2) is 43.5 Å². The highest BCUT2D eigenvalue weighted by Crippen LogP contribution is 2.23. The van der Waals surface area contributed by atoms with Crippen LogP contribution in [0.2, 0.25) is 0 Å². The maximum absolute atomic E-state index is 11.6. The fourth-order valence-corrected chi connectivity index (χ4v) is 2.34. The number of nitrogens with one attached hydrogen (secondary N) is 2. The zero-order valence-electron chi connectivity index (χ0n) is 11.3. The van der Waals surface area contributed by atoms with Crippen LogP contribution in [0.15, 0.2) is 0 Å². The number of amides is 2. The van der Waals surface area contributed by atoms with Crippen LogP contribution >= 0.6 is 0 Å². The molecule has 0 spiro atoms. The Morgan fingerprint density at radius 2 is 2.22 bits per heavy atom. The Kier molecular flexibility index (Phi) is 7.76. The molecule has 5 nitrogen and oxygen atoms in total. The van der Waals surface area contributed by atoms with Crippen LogP contribution in [0.3, 0.4) is 0 Å². The van der Waals surface area contributed by atoms with Crippen molar-refractivity contribution in [1.82, 2.24) is 10.6 Å². The summed E-state index contributed by atoms with van der Waals surface area (Å²) in [6.07, 6.45) is 5.45. The number of carbonyl (C=O) groups is 1. The van der Waals surface area contributed by atoms with E-state index in [0.717, 1.165) is 25.2 Å². The van der Waals surface area contributed by atoms with Crippen LogP contribution in [0.5, 0.6) is 0 Å². The monoisotopic (exact) mass is 258 g/mol. The molecular weight excluding hydrogens is 232 g/mol. The van der Waals surface area contributed by atoms with Gasteiger partial charge in [0, 0.05) is 19.2 Å². The van der Waals surface area contributed by atoms with Gasteiger partial charge in [0.25, 0.3) is 0 Å². The normalized spacial score (nSPS) is 23.7. The molecule has 0 aromatic heterocycles. The van der Waals surface area contributed by atoms with Crippen LogP contribution in [-0.2, 0) is 4.74 Å². The van der Waals surface area contributed by atoms with Crippen LogP contribution in [0, 0.1) is 5.92 Å². The lowest BCUT2D eigenvalue weighted by Gasteiger charge is -2.27. The van der Waals surface area contributed by atoms with Crippen molar-refractivity contribution in [3.05, 3.63) is 0 Å². The minimum absolute atomic E-state index is 0.0494. The zero-order chi connectivity index (χ0) is 13.2. The second-order valence-corrected chi connectivity index (χ2v) is 5.06. The summed E-state index contributed by atoms with van der Waals surface area (Å²) in [5.74, 6) is 0.718. The second-order valence-electron chi connectivity index (χ2n) is 5.06. The van der Waals surface area contributed by atoms with Gasteiger partial charge in [-0.15, -0.1) is 0 Å². The number of hydrogen-bond donors (Lipinski definition) is 3. The number of aliphatic hydroxyl groups excluding tert-OH is 1. The first-order valence-electron chi connectivity index (χ1n) is 6.95. The van der Waals surface area contributed by atoms with E-state index in [0.29, 0.717) is 25.8 Å². The molecule has 1 aliphatic carbocycles. The predicted molar refractivity (Wildman–Crippen MR) is 70.5 cm³/mol. The highest BCUT2D eigenvalue weighted by molar-refractivity contribution is 5.74. The number of aliphatic hydroxyl groups is 1. The van der Waals surface area contributed by atoms with Crippen molar-refractivity contribution in [2.75, 3.05) is 26.4 Å². The Morgan fingerprint density at radius 1 is 1.39 bits per heavy atom. The van der Waals surface area contributed by atoms with Gasteiger partial charge in [0.05, 0.1) is 13.2 Å². The summed E-state index contributed by atoms with van der Waals surface area (Å²) in [6, 6.07) is 0.260. The van der Waals surface area contributed by atoms with E-state index in [-0.39, 0.29) is 12.6 Å². The van der Waals surface area contributed by atoms with Crippen molar-refractivity contribution in [3.63, 3.8) is 0 Å². The number of hydrogen-bond acceptors (Lipinski definition) is 3. The molecule has 3 N–H and O–H groups in total. The smallest absolute Gasteiger partial charge is 0.315 e. The minimum Gasteiger partial charge on any atom is -0.394 e. The van der Waals surface area contributed by atoms with Crippen molar-refractivity contribution in [2.45, 2.75) is 45.1 Å². The van der Waals surface area contributed by atoms with Gasteiger partial charge in [-0.25, -0.2) is 4.79 Å². The Balaban J connectivity index is 1.99. The van der Waals surface area contributed by atoms with Gasteiger partial charge >= 0.3 is 6.03 Å². The van der Waals surface area contributed by atoms with Gasteiger partial charge in [0.2, 0.25) is 0 Å². The SMILES string of the molecule is CC1CCCC(NC(=O)NCCCOCCO)C1. The minimum atomic E-state index is -0.0729. The van der Waals surface area contributed by atoms with Gasteiger partial charge in [-0.05, 0) is 25.2 Å². The Bertz CT molecular complexity index is 236. The molecule has 0 aromatic carbocycles. The van der Waals surface area contributed by atoms with Crippen LogP contribution < -0.4 is 10.6 Å². The molecule has 1 rings (SSSR count). The van der Waals surface area contributed by atoms with E-state index >= 15 is 0 Å². The molecule has 0 aliphatic heterocycles. The number of rotatable bonds is 7. The molecule has 2 atom stereocenters. The molecule has 1 aliphatic rings. The summed E-state index contributed by atoms with van der Waals surface area (Å²) in [6.45, 7) is 3.84. The quantitative estimate of drug-likeness (QED) is 0.602. The third-order valence-corrected chi connectivity index (χ3v) is 3.26. The lowest BCUT2D eigenvalue weighted by molar-refractivity contribution is 0.0909. The number of carbonyl (C=O) groups excluding carboxylic acids is 1. The Hall–Kier alpha value is -0.810. The van der Waals surface area contributed by atoms with E-state index in [1.165, 1.54) is 12.8 Å². The van der Waals surface area contributed by atoms with Crippen LogP contribution in [0.4, 0.5) is 4.79 Å². The molecule has 5 heteroatoms. The molecule has 0 bridgehead atoms. The third kappa shape index (κ3) is 6.81. The van der Waals surface area contributed by atoms with Gasteiger partial charge < -0.3 is 20.5 Å². The van der Waals surface area contributed by atoms with Gasteiger partial charge in [-0.3, -0.25) is 0 Å². The maximum atomic E-state index is 11.6. The van der Waals surface area contributed by atoms with Gasteiger partial charge in [-0.1, -0.05) is 19.8 Å². The van der Waals surface area contributed by atoms with E-state index < -0.39 is 0 Å². The van der Waals surface area contributed by atoms with Gasteiger partial charge in [-0.2, -0.15) is 0 Å². The lowest BCUT2D eigenvalue weighted by atomic mass is 9.87. The van der Waals surface area contributed by atoms with Crippen LogP contribution in [0.25, 0.3) is 0 Å². The summed E-state index contributed by atoms with van der Waals surface area (Å²) >= 11 is 0. The van der Waals surface area contributed by atoms with E-state index in [1.807, 2.05) is 0 Å². The fourth-order valence-electron chi connectivity index (χ4n) is 2.34. The van der Waals surface area contributed by atoms with E-state index in [2.05, 4.69) is 17.6 Å². The van der Waals surface area contributed by atoms with Gasteiger partial charge in [0.15, 0.2) is 0 Å². The summed E-state index contributed by atoms with van der Waals surface area (Å²) in [5.41, 5.74) is 0. The highest BCUT2D eigenvalue weighted by Gasteiger charge is 2.19. The predicted octanol–water partition coefficient (Wildman–Crippen LogP) is 1.26. The largest absolute Gasteiger partial charge is 0.394 e. The molecule has 106 valence electrons. The molecular formula is C13H26N2O3. The first-order valence-corrected chi connectivity index (χ1v) is 6.95. The first kappa shape index (κ1) is 15.2. The molecule has 0 heterocycles. The molecule has 2 amide bonds. The average molecular weight is 258 g/mol. The molecule has 0 saturated heterocycles. The Labute approximate surface area is 109 Å². The third-order valence-electron chi connectivity index (χ3n) is 3.26. The van der Waals surface area contributed by atoms with Gasteiger partial charge in [0.1, 0.15) is 0 Å². The van der Waals surface area contributed by atoms with Crippen molar-refractivity contribution >= 4 is 6.03 Å².